The molecule has 0 aromatic carbocycles. The Bertz CT molecular complexity index is 326. The van der Waals surface area contributed by atoms with Crippen molar-refractivity contribution < 1.29 is 14.7 Å². The van der Waals surface area contributed by atoms with Crippen molar-refractivity contribution in [3.63, 3.8) is 0 Å². The summed E-state index contributed by atoms with van der Waals surface area (Å²) in [5.74, 6) is -0.000998. The summed E-state index contributed by atoms with van der Waals surface area (Å²) >= 11 is 0. The molecule has 1 atom stereocenters. The lowest BCUT2D eigenvalue weighted by Crippen LogP contribution is -2.16. The monoisotopic (exact) mass is 224 g/mol. The second kappa shape index (κ2) is 5.28. The maximum Gasteiger partial charge on any atom is 0.173 e. The number of carbonyl (C=O) groups is 2. The first kappa shape index (κ1) is 12.9. The number of carbonyl (C=O) groups excluding carboxylic acids is 2. The molecule has 1 aliphatic rings. The van der Waals surface area contributed by atoms with E-state index in [1.54, 1.807) is 6.92 Å². The molecule has 0 amide bonds. The summed E-state index contributed by atoms with van der Waals surface area (Å²) in [7, 11) is 0. The minimum Gasteiger partial charge on any atom is -0.511 e. The molecule has 16 heavy (non-hydrogen) atoms. The zero-order valence-corrected chi connectivity index (χ0v) is 10.2. The van der Waals surface area contributed by atoms with Gasteiger partial charge in [-0.15, -0.1) is 0 Å². The lowest BCUT2D eigenvalue weighted by Gasteiger charge is -2.09. The van der Waals surface area contributed by atoms with E-state index in [1.165, 1.54) is 0 Å². The van der Waals surface area contributed by atoms with Crippen LogP contribution >= 0.6 is 0 Å². The van der Waals surface area contributed by atoms with Crippen molar-refractivity contribution in [1.82, 2.24) is 0 Å². The molecule has 0 saturated heterocycles. The molecule has 0 spiro atoms. The maximum atomic E-state index is 11.9. The van der Waals surface area contributed by atoms with E-state index in [1.807, 2.05) is 0 Å². The van der Waals surface area contributed by atoms with Gasteiger partial charge < -0.3 is 5.11 Å². The van der Waals surface area contributed by atoms with Crippen molar-refractivity contribution in [1.29, 1.82) is 0 Å². The number of Topliss-reactive ketones (excluding diaryl/α,β-unsaturated/α-hetero) is 2. The minimum absolute atomic E-state index is 0.00519. The topological polar surface area (TPSA) is 54.4 Å². The Morgan fingerprint density at radius 3 is 2.62 bits per heavy atom. The van der Waals surface area contributed by atoms with Gasteiger partial charge in [0.1, 0.15) is 5.76 Å². The van der Waals surface area contributed by atoms with Crippen molar-refractivity contribution in [2.45, 2.75) is 46.5 Å². The highest BCUT2D eigenvalue weighted by Gasteiger charge is 2.35. The quantitative estimate of drug-likeness (QED) is 0.730. The first-order valence-electron chi connectivity index (χ1n) is 5.96. The fourth-order valence-electron chi connectivity index (χ4n) is 2.02. The predicted molar refractivity (Wildman–Crippen MR) is 62.1 cm³/mol. The van der Waals surface area contributed by atoms with Gasteiger partial charge in [0, 0.05) is 18.8 Å². The summed E-state index contributed by atoms with van der Waals surface area (Å²) in [6.45, 7) is 5.91. The molecule has 90 valence electrons. The second-order valence-electron chi connectivity index (χ2n) is 4.83. The summed E-state index contributed by atoms with van der Waals surface area (Å²) in [4.78, 5) is 23.4. The average molecular weight is 224 g/mol. The smallest absolute Gasteiger partial charge is 0.173 e. The molecule has 1 N–H and O–H groups in total. The minimum atomic E-state index is -0.227. The molecule has 0 saturated carbocycles. The van der Waals surface area contributed by atoms with E-state index in [0.29, 0.717) is 12.3 Å². The van der Waals surface area contributed by atoms with E-state index in [4.69, 9.17) is 0 Å². The third-order valence-electron chi connectivity index (χ3n) is 3.04. The second-order valence-corrected chi connectivity index (χ2v) is 4.83. The summed E-state index contributed by atoms with van der Waals surface area (Å²) in [5.41, 5.74) is 0.0660. The van der Waals surface area contributed by atoms with E-state index in [0.717, 1.165) is 12.8 Å². The Hall–Kier alpha value is -1.12. The summed E-state index contributed by atoms with van der Waals surface area (Å²) in [5, 5.41) is 9.63. The largest absolute Gasteiger partial charge is 0.511 e. The Morgan fingerprint density at radius 2 is 2.12 bits per heavy atom. The lowest BCUT2D eigenvalue weighted by atomic mass is 9.93. The molecule has 0 aromatic rings. The highest BCUT2D eigenvalue weighted by molar-refractivity contribution is 6.22. The van der Waals surface area contributed by atoms with Crippen LogP contribution in [0, 0.1) is 11.8 Å². The van der Waals surface area contributed by atoms with Gasteiger partial charge in [0.2, 0.25) is 0 Å². The fourth-order valence-corrected chi connectivity index (χ4v) is 2.02. The summed E-state index contributed by atoms with van der Waals surface area (Å²) in [6, 6.07) is 0. The molecule has 0 unspecified atom stereocenters. The predicted octanol–water partition coefficient (Wildman–Crippen LogP) is 2.80. The third-order valence-corrected chi connectivity index (χ3v) is 3.04. The molecule has 0 radical (unpaired) electrons. The summed E-state index contributed by atoms with van der Waals surface area (Å²) in [6.07, 6.45) is 2.35. The zero-order chi connectivity index (χ0) is 12.3. The van der Waals surface area contributed by atoms with Gasteiger partial charge in [-0.05, 0) is 12.3 Å². The first-order chi connectivity index (χ1) is 7.47. The van der Waals surface area contributed by atoms with E-state index in [-0.39, 0.29) is 35.2 Å². The molecule has 0 heterocycles. The van der Waals surface area contributed by atoms with Crippen molar-refractivity contribution in [2.75, 3.05) is 0 Å². The Morgan fingerprint density at radius 1 is 1.50 bits per heavy atom. The number of hydrogen-bond donors (Lipinski definition) is 1. The zero-order valence-electron chi connectivity index (χ0n) is 10.2. The van der Waals surface area contributed by atoms with Crippen LogP contribution in [0.3, 0.4) is 0 Å². The highest BCUT2D eigenvalue weighted by Crippen LogP contribution is 2.31. The first-order valence-corrected chi connectivity index (χ1v) is 5.96. The maximum absolute atomic E-state index is 11.9. The molecule has 1 aliphatic carbocycles. The molecule has 3 heteroatoms. The number of rotatable bonds is 5. The van der Waals surface area contributed by atoms with Crippen LogP contribution in [0.1, 0.15) is 46.5 Å². The van der Waals surface area contributed by atoms with Crippen LogP contribution < -0.4 is 0 Å². The van der Waals surface area contributed by atoms with Gasteiger partial charge in [-0.25, -0.2) is 0 Å². The van der Waals surface area contributed by atoms with E-state index >= 15 is 0 Å². The summed E-state index contributed by atoms with van der Waals surface area (Å²) < 4.78 is 0. The molecule has 0 aromatic heterocycles. The Balaban J connectivity index is 2.67. The number of hydrogen-bond acceptors (Lipinski definition) is 3. The van der Waals surface area contributed by atoms with Crippen molar-refractivity contribution in [2.24, 2.45) is 11.8 Å². The van der Waals surface area contributed by atoms with Crippen LogP contribution in [0.15, 0.2) is 11.3 Å². The number of aliphatic hydroxyl groups excluding tert-OH is 1. The van der Waals surface area contributed by atoms with Gasteiger partial charge >= 0.3 is 0 Å². The van der Waals surface area contributed by atoms with Gasteiger partial charge in [-0.1, -0.05) is 27.2 Å². The SMILES string of the molecule is CCC(=O)C1=C(O)C[C@H](CCC(C)C)C1=O. The fraction of sp³-hybridized carbons (Fsp3) is 0.692. The van der Waals surface area contributed by atoms with Gasteiger partial charge in [0.25, 0.3) is 0 Å². The van der Waals surface area contributed by atoms with Crippen molar-refractivity contribution in [3.05, 3.63) is 11.3 Å². The number of allylic oxidation sites excluding steroid dienone is 2. The molecule has 1 rings (SSSR count). The van der Waals surface area contributed by atoms with Gasteiger partial charge in [-0.2, -0.15) is 0 Å². The van der Waals surface area contributed by atoms with Crippen LogP contribution in [0.2, 0.25) is 0 Å². The molecule has 0 fully saturated rings. The molecular weight excluding hydrogens is 204 g/mol. The van der Waals surface area contributed by atoms with Crippen LogP contribution in [0.5, 0.6) is 0 Å². The van der Waals surface area contributed by atoms with Crippen LogP contribution in [0.25, 0.3) is 0 Å². The normalized spacial score (nSPS) is 21.0. The van der Waals surface area contributed by atoms with Crippen LogP contribution in [-0.4, -0.2) is 16.7 Å². The molecular formula is C13H20O3. The highest BCUT2D eigenvalue weighted by atomic mass is 16.3. The standard InChI is InChI=1S/C13H20O3/c1-4-10(14)12-11(15)7-9(13(12)16)6-5-8(2)3/h8-9,15H,4-7H2,1-3H3/t9-/m0/s1. The Labute approximate surface area is 96.5 Å². The van der Waals surface area contributed by atoms with E-state index in [9.17, 15) is 14.7 Å². The lowest BCUT2D eigenvalue weighted by molar-refractivity contribution is -0.122. The third kappa shape index (κ3) is 2.71. The molecule has 0 aliphatic heterocycles. The number of aliphatic hydroxyl groups is 1. The van der Waals surface area contributed by atoms with Crippen LogP contribution in [0.4, 0.5) is 0 Å². The van der Waals surface area contributed by atoms with Gasteiger partial charge in [0.05, 0.1) is 5.57 Å². The van der Waals surface area contributed by atoms with E-state index in [2.05, 4.69) is 13.8 Å². The molecule has 0 bridgehead atoms. The van der Waals surface area contributed by atoms with Crippen LogP contribution in [-0.2, 0) is 9.59 Å². The molecule has 3 nitrogen and oxygen atoms in total. The number of ketones is 2. The van der Waals surface area contributed by atoms with Crippen molar-refractivity contribution in [3.8, 4) is 0 Å². The van der Waals surface area contributed by atoms with Gasteiger partial charge in [0.15, 0.2) is 11.6 Å². The van der Waals surface area contributed by atoms with Gasteiger partial charge in [-0.3, -0.25) is 9.59 Å². The Kier molecular flexibility index (Phi) is 4.27. The van der Waals surface area contributed by atoms with Crippen molar-refractivity contribution >= 4 is 11.6 Å². The van der Waals surface area contributed by atoms with E-state index < -0.39 is 0 Å². The average Bonchev–Trinajstić information content (AvgIpc) is 2.50.